The minimum atomic E-state index is -0.0891. The van der Waals surface area contributed by atoms with Gasteiger partial charge >= 0.3 is 0 Å². The molecule has 28 heavy (non-hydrogen) atoms. The minimum absolute atomic E-state index is 0.0659. The molecule has 0 atom stereocenters. The molecule has 1 fully saturated rings. The number of benzene rings is 2. The average Bonchev–Trinajstić information content (AvgIpc) is 3.12. The lowest BCUT2D eigenvalue weighted by Crippen LogP contribution is -2.29. The molecule has 1 amide bonds. The number of piperidine rings is 1. The van der Waals surface area contributed by atoms with Crippen LogP contribution in [0.5, 0.6) is 5.75 Å². The second-order valence-corrected chi connectivity index (χ2v) is 8.53. The molecule has 0 radical (unpaired) electrons. The van der Waals surface area contributed by atoms with Crippen molar-refractivity contribution in [2.24, 2.45) is 0 Å². The topological polar surface area (TPSA) is 43.8 Å². The lowest BCUT2D eigenvalue weighted by Gasteiger charge is -2.26. The van der Waals surface area contributed by atoms with Crippen LogP contribution in [0.25, 0.3) is 0 Å². The number of rotatable bonds is 4. The zero-order valence-corrected chi connectivity index (χ0v) is 16.9. The summed E-state index contributed by atoms with van der Waals surface area (Å²) in [7, 11) is 0. The van der Waals surface area contributed by atoms with Crippen LogP contribution in [0.15, 0.2) is 36.4 Å². The van der Waals surface area contributed by atoms with Crippen LogP contribution in [0.4, 0.5) is 0 Å². The number of phenols is 1. The summed E-state index contributed by atoms with van der Waals surface area (Å²) in [5.41, 5.74) is 5.27. The normalized spacial score (nSPS) is 17.2. The van der Waals surface area contributed by atoms with E-state index >= 15 is 0 Å². The lowest BCUT2D eigenvalue weighted by atomic mass is 10.00. The molecule has 1 saturated heterocycles. The Morgan fingerprint density at radius 3 is 2.50 bits per heavy atom. The van der Waals surface area contributed by atoms with Crippen LogP contribution in [-0.4, -0.2) is 33.9 Å². The summed E-state index contributed by atoms with van der Waals surface area (Å²) in [6, 6.07) is 12.0. The Hall–Kier alpha value is -2.33. The van der Waals surface area contributed by atoms with Crippen LogP contribution < -0.4 is 0 Å². The highest BCUT2D eigenvalue weighted by molar-refractivity contribution is 5.97. The first-order valence-electron chi connectivity index (χ1n) is 10.5. The van der Waals surface area contributed by atoms with Crippen molar-refractivity contribution in [3.05, 3.63) is 64.2 Å². The summed E-state index contributed by atoms with van der Waals surface area (Å²) in [5, 5.41) is 10.2. The maximum Gasteiger partial charge on any atom is 0.258 e. The quantitative estimate of drug-likeness (QED) is 0.842. The number of fused-ring (bicyclic) bond motifs is 1. The van der Waals surface area contributed by atoms with Gasteiger partial charge in [0.05, 0.1) is 5.56 Å². The molecule has 2 heterocycles. The maximum atomic E-state index is 13.1. The number of aromatic hydroxyl groups is 1. The van der Waals surface area contributed by atoms with Crippen LogP contribution >= 0.6 is 0 Å². The van der Waals surface area contributed by atoms with Gasteiger partial charge in [0, 0.05) is 19.6 Å². The fraction of sp³-hybridized carbons (Fsp3) is 0.458. The minimum Gasteiger partial charge on any atom is -0.507 e. The van der Waals surface area contributed by atoms with Gasteiger partial charge in [0.1, 0.15) is 5.75 Å². The van der Waals surface area contributed by atoms with Gasteiger partial charge in [-0.15, -0.1) is 0 Å². The SMILES string of the molecule is CC(C)c1ccc(O)c(C(=O)N2Cc3ccc(CN4CCCCC4)cc3C2)c1. The first-order chi connectivity index (χ1) is 13.5. The second-order valence-electron chi connectivity index (χ2n) is 8.53. The number of carbonyl (C=O) groups excluding carboxylic acids is 1. The summed E-state index contributed by atoms with van der Waals surface area (Å²) in [5.74, 6) is 0.296. The van der Waals surface area contributed by atoms with Gasteiger partial charge in [-0.3, -0.25) is 9.69 Å². The third-order valence-corrected chi connectivity index (χ3v) is 6.05. The first kappa shape index (κ1) is 19.0. The van der Waals surface area contributed by atoms with Crippen LogP contribution in [0, 0.1) is 0 Å². The highest BCUT2D eigenvalue weighted by atomic mass is 16.3. The van der Waals surface area contributed by atoms with E-state index in [-0.39, 0.29) is 11.7 Å². The van der Waals surface area contributed by atoms with Gasteiger partial charge in [0.25, 0.3) is 5.91 Å². The molecule has 0 aromatic heterocycles. The Bertz CT molecular complexity index is 869. The molecule has 2 aliphatic heterocycles. The lowest BCUT2D eigenvalue weighted by molar-refractivity contribution is 0.0748. The van der Waals surface area contributed by atoms with Crippen molar-refractivity contribution < 1.29 is 9.90 Å². The summed E-state index contributed by atoms with van der Waals surface area (Å²) in [6.07, 6.45) is 3.95. The molecule has 0 saturated carbocycles. The molecule has 1 N–H and O–H groups in total. The highest BCUT2D eigenvalue weighted by Gasteiger charge is 2.26. The molecule has 0 bridgehead atoms. The van der Waals surface area contributed by atoms with Crippen molar-refractivity contribution in [1.29, 1.82) is 0 Å². The van der Waals surface area contributed by atoms with Gasteiger partial charge in [-0.2, -0.15) is 0 Å². The Balaban J connectivity index is 1.48. The van der Waals surface area contributed by atoms with E-state index < -0.39 is 0 Å². The largest absolute Gasteiger partial charge is 0.507 e. The number of nitrogens with zero attached hydrogens (tertiary/aromatic N) is 2. The van der Waals surface area contributed by atoms with E-state index in [9.17, 15) is 9.90 Å². The standard InChI is InChI=1S/C24H30N2O2/c1-17(2)19-8-9-23(27)22(13-19)24(28)26-15-20-7-6-18(12-21(20)16-26)14-25-10-4-3-5-11-25/h6-9,12-13,17,27H,3-5,10-11,14-16H2,1-2H3. The van der Waals surface area contributed by atoms with Crippen LogP contribution in [-0.2, 0) is 19.6 Å². The van der Waals surface area contributed by atoms with E-state index in [1.54, 1.807) is 6.07 Å². The Kier molecular flexibility index (Phi) is 5.40. The van der Waals surface area contributed by atoms with E-state index in [4.69, 9.17) is 0 Å². The molecule has 2 aromatic rings. The molecule has 4 nitrogen and oxygen atoms in total. The third-order valence-electron chi connectivity index (χ3n) is 6.05. The zero-order valence-electron chi connectivity index (χ0n) is 16.9. The molecule has 0 aliphatic carbocycles. The first-order valence-corrected chi connectivity index (χ1v) is 10.5. The predicted molar refractivity (Wildman–Crippen MR) is 111 cm³/mol. The number of hydrogen-bond donors (Lipinski definition) is 1. The van der Waals surface area contributed by atoms with Crippen molar-refractivity contribution in [2.45, 2.75) is 58.7 Å². The number of phenolic OH excluding ortho intramolecular Hbond substituents is 1. The summed E-state index contributed by atoms with van der Waals surface area (Å²) < 4.78 is 0. The number of amides is 1. The van der Waals surface area contributed by atoms with E-state index in [1.165, 1.54) is 49.0 Å². The van der Waals surface area contributed by atoms with Gasteiger partial charge in [0.15, 0.2) is 0 Å². The fourth-order valence-electron chi connectivity index (χ4n) is 4.32. The van der Waals surface area contributed by atoms with Crippen molar-refractivity contribution in [2.75, 3.05) is 13.1 Å². The van der Waals surface area contributed by atoms with Crippen molar-refractivity contribution >= 4 is 5.91 Å². The second kappa shape index (κ2) is 7.96. The Morgan fingerprint density at radius 2 is 1.75 bits per heavy atom. The Morgan fingerprint density at radius 1 is 1.00 bits per heavy atom. The van der Waals surface area contributed by atoms with Crippen molar-refractivity contribution in [3.63, 3.8) is 0 Å². The van der Waals surface area contributed by atoms with Crippen LogP contribution in [0.1, 0.15) is 71.6 Å². The number of hydrogen-bond acceptors (Lipinski definition) is 3. The van der Waals surface area contributed by atoms with E-state index in [2.05, 4.69) is 36.9 Å². The van der Waals surface area contributed by atoms with E-state index in [0.717, 1.165) is 12.1 Å². The summed E-state index contributed by atoms with van der Waals surface area (Å²) >= 11 is 0. The highest BCUT2D eigenvalue weighted by Crippen LogP contribution is 2.30. The monoisotopic (exact) mass is 378 g/mol. The molecule has 148 valence electrons. The molecule has 0 spiro atoms. The van der Waals surface area contributed by atoms with E-state index in [0.29, 0.717) is 24.6 Å². The molecule has 2 aromatic carbocycles. The number of carbonyl (C=O) groups is 1. The fourth-order valence-corrected chi connectivity index (χ4v) is 4.32. The molecule has 4 rings (SSSR count). The average molecular weight is 379 g/mol. The van der Waals surface area contributed by atoms with Crippen molar-refractivity contribution in [1.82, 2.24) is 9.80 Å². The number of likely N-dealkylation sites (tertiary alicyclic amines) is 1. The smallest absolute Gasteiger partial charge is 0.258 e. The molecule has 4 heteroatoms. The maximum absolute atomic E-state index is 13.1. The summed E-state index contributed by atoms with van der Waals surface area (Å²) in [6.45, 7) is 8.79. The summed E-state index contributed by atoms with van der Waals surface area (Å²) in [4.78, 5) is 17.4. The molecule has 2 aliphatic rings. The van der Waals surface area contributed by atoms with Gasteiger partial charge in [0.2, 0.25) is 0 Å². The van der Waals surface area contributed by atoms with Gasteiger partial charge in [-0.25, -0.2) is 0 Å². The zero-order chi connectivity index (χ0) is 19.7. The van der Waals surface area contributed by atoms with Crippen molar-refractivity contribution in [3.8, 4) is 5.75 Å². The molecular weight excluding hydrogens is 348 g/mol. The molecule has 0 unspecified atom stereocenters. The van der Waals surface area contributed by atoms with Gasteiger partial charge in [-0.1, -0.05) is 44.5 Å². The van der Waals surface area contributed by atoms with Gasteiger partial charge in [-0.05, 0) is 66.2 Å². The molecular formula is C24H30N2O2. The van der Waals surface area contributed by atoms with E-state index in [1.807, 2.05) is 17.0 Å². The van der Waals surface area contributed by atoms with Crippen LogP contribution in [0.2, 0.25) is 0 Å². The Labute approximate surface area is 167 Å². The third kappa shape index (κ3) is 3.93. The predicted octanol–water partition coefficient (Wildman–Crippen LogP) is 4.66. The van der Waals surface area contributed by atoms with Crippen LogP contribution in [0.3, 0.4) is 0 Å². The van der Waals surface area contributed by atoms with Gasteiger partial charge < -0.3 is 10.0 Å².